The molecule has 0 N–H and O–H groups in total. The Morgan fingerprint density at radius 1 is 0.448 bits per heavy atom. The molecular weight excluding hydrogens is 352 g/mol. The van der Waals surface area contributed by atoms with Crippen molar-refractivity contribution < 1.29 is 0 Å². The zero-order valence-electron chi connectivity index (χ0n) is 20.5. The first-order valence-electron chi connectivity index (χ1n) is 13.5. The molecule has 1 aliphatic rings. The molecule has 1 heterocycles. The second-order valence-corrected chi connectivity index (χ2v) is 9.35. The highest BCUT2D eigenvalue weighted by Crippen LogP contribution is 2.23. The van der Waals surface area contributed by atoms with Gasteiger partial charge in [-0.3, -0.25) is 0 Å². The summed E-state index contributed by atoms with van der Waals surface area (Å²) >= 11 is 0. The van der Waals surface area contributed by atoms with Crippen LogP contribution in [0.15, 0.2) is 12.4 Å². The van der Waals surface area contributed by atoms with Crippen LogP contribution in [0.1, 0.15) is 143 Å². The van der Waals surface area contributed by atoms with Crippen molar-refractivity contribution in [2.75, 3.05) is 13.1 Å². The van der Waals surface area contributed by atoms with E-state index in [-0.39, 0.29) is 0 Å². The molecule has 0 fully saturated rings. The molecule has 2 heteroatoms. The SMILES string of the molecule is CCCCCCCCCCCN1C=CN(CCCCCC)C1CCCCCCC. The Kier molecular flexibility index (Phi) is 17.6. The third-order valence-electron chi connectivity index (χ3n) is 6.57. The quantitative estimate of drug-likeness (QED) is 0.176. The Balaban J connectivity index is 2.24. The number of hydrogen-bond acceptors (Lipinski definition) is 2. The molecule has 29 heavy (non-hydrogen) atoms. The summed E-state index contributed by atoms with van der Waals surface area (Å²) in [5.74, 6) is 0. The van der Waals surface area contributed by atoms with E-state index in [2.05, 4.69) is 43.0 Å². The smallest absolute Gasteiger partial charge is 0.101 e. The maximum atomic E-state index is 2.67. The van der Waals surface area contributed by atoms with Crippen LogP contribution in [0.5, 0.6) is 0 Å². The van der Waals surface area contributed by atoms with E-state index in [0.29, 0.717) is 6.17 Å². The number of unbranched alkanes of at least 4 members (excludes halogenated alkanes) is 15. The fraction of sp³-hybridized carbons (Fsp3) is 0.926. The Morgan fingerprint density at radius 3 is 1.24 bits per heavy atom. The lowest BCUT2D eigenvalue weighted by Gasteiger charge is -2.33. The predicted molar refractivity (Wildman–Crippen MR) is 131 cm³/mol. The lowest BCUT2D eigenvalue weighted by molar-refractivity contribution is 0.135. The fourth-order valence-electron chi connectivity index (χ4n) is 4.60. The van der Waals surface area contributed by atoms with Crippen molar-refractivity contribution in [3.8, 4) is 0 Å². The van der Waals surface area contributed by atoms with Gasteiger partial charge in [-0.05, 0) is 25.7 Å². The van der Waals surface area contributed by atoms with Crippen LogP contribution in [-0.4, -0.2) is 29.1 Å². The van der Waals surface area contributed by atoms with E-state index in [1.807, 2.05) is 0 Å². The van der Waals surface area contributed by atoms with Gasteiger partial charge in [-0.1, -0.05) is 117 Å². The molecule has 0 aromatic rings. The van der Waals surface area contributed by atoms with Gasteiger partial charge in [0.05, 0.1) is 0 Å². The standard InChI is InChI=1S/C27H54N2/c1-4-7-10-13-14-15-16-18-21-24-29-26-25-28(23-20-12-9-6-3)27(29)22-19-17-11-8-5-2/h25-27H,4-24H2,1-3H3. The van der Waals surface area contributed by atoms with Crippen molar-refractivity contribution >= 4 is 0 Å². The molecule has 0 aliphatic carbocycles. The Morgan fingerprint density at radius 2 is 0.793 bits per heavy atom. The molecule has 0 spiro atoms. The zero-order valence-corrected chi connectivity index (χ0v) is 20.5. The van der Waals surface area contributed by atoms with E-state index in [1.165, 1.54) is 135 Å². The molecule has 2 nitrogen and oxygen atoms in total. The Hall–Kier alpha value is -0.660. The molecule has 1 rings (SSSR count). The normalized spacial score (nSPS) is 16.3. The topological polar surface area (TPSA) is 6.48 Å². The van der Waals surface area contributed by atoms with E-state index in [1.54, 1.807) is 0 Å². The van der Waals surface area contributed by atoms with Gasteiger partial charge < -0.3 is 9.80 Å². The van der Waals surface area contributed by atoms with E-state index >= 15 is 0 Å². The minimum Gasteiger partial charge on any atom is -0.356 e. The van der Waals surface area contributed by atoms with E-state index in [4.69, 9.17) is 0 Å². The first-order chi connectivity index (χ1) is 14.3. The molecule has 172 valence electrons. The largest absolute Gasteiger partial charge is 0.356 e. The molecule has 0 amide bonds. The second kappa shape index (κ2) is 19.3. The zero-order chi connectivity index (χ0) is 21.0. The van der Waals surface area contributed by atoms with Gasteiger partial charge in [-0.15, -0.1) is 0 Å². The van der Waals surface area contributed by atoms with Crippen LogP contribution in [0.25, 0.3) is 0 Å². The van der Waals surface area contributed by atoms with Gasteiger partial charge in [0.1, 0.15) is 6.17 Å². The fourth-order valence-corrected chi connectivity index (χ4v) is 4.60. The van der Waals surface area contributed by atoms with Gasteiger partial charge in [-0.2, -0.15) is 0 Å². The highest BCUT2D eigenvalue weighted by Gasteiger charge is 2.24. The van der Waals surface area contributed by atoms with Crippen molar-refractivity contribution in [3.63, 3.8) is 0 Å². The molecule has 1 atom stereocenters. The summed E-state index contributed by atoms with van der Waals surface area (Å²) in [6, 6.07) is 0. The van der Waals surface area contributed by atoms with E-state index < -0.39 is 0 Å². The summed E-state index contributed by atoms with van der Waals surface area (Å²) in [5, 5.41) is 0. The van der Waals surface area contributed by atoms with Crippen molar-refractivity contribution in [1.82, 2.24) is 9.80 Å². The average molecular weight is 407 g/mol. The van der Waals surface area contributed by atoms with Crippen LogP contribution in [0, 0.1) is 0 Å². The summed E-state index contributed by atoms with van der Waals surface area (Å²) < 4.78 is 0. The molecule has 1 unspecified atom stereocenters. The predicted octanol–water partition coefficient (Wildman–Crippen LogP) is 8.87. The first kappa shape index (κ1) is 26.4. The van der Waals surface area contributed by atoms with Crippen molar-refractivity contribution in [1.29, 1.82) is 0 Å². The summed E-state index contributed by atoms with van der Waals surface area (Å²) in [6.07, 6.45) is 32.1. The minimum atomic E-state index is 0.646. The van der Waals surface area contributed by atoms with E-state index in [0.717, 1.165) is 0 Å². The lowest BCUT2D eigenvalue weighted by atomic mass is 10.1. The molecule has 1 aliphatic heterocycles. The number of rotatable bonds is 21. The summed E-state index contributed by atoms with van der Waals surface area (Å²) in [5.41, 5.74) is 0. The third-order valence-corrected chi connectivity index (χ3v) is 6.57. The van der Waals surface area contributed by atoms with Crippen LogP contribution >= 0.6 is 0 Å². The average Bonchev–Trinajstić information content (AvgIpc) is 3.11. The Labute approximate surface area is 184 Å². The first-order valence-corrected chi connectivity index (χ1v) is 13.5. The monoisotopic (exact) mass is 406 g/mol. The van der Waals surface area contributed by atoms with Gasteiger partial charge in [0.25, 0.3) is 0 Å². The molecular formula is C27H54N2. The van der Waals surface area contributed by atoms with Crippen LogP contribution < -0.4 is 0 Å². The molecule has 0 aromatic heterocycles. The molecule has 0 bridgehead atoms. The minimum absolute atomic E-state index is 0.646. The third kappa shape index (κ3) is 13.3. The molecule has 0 saturated carbocycles. The summed E-state index contributed by atoms with van der Waals surface area (Å²) in [7, 11) is 0. The second-order valence-electron chi connectivity index (χ2n) is 9.35. The molecule has 0 aromatic carbocycles. The van der Waals surface area contributed by atoms with Gasteiger partial charge in [-0.25, -0.2) is 0 Å². The Bertz CT molecular complexity index is 366. The highest BCUT2D eigenvalue weighted by molar-refractivity contribution is 4.96. The van der Waals surface area contributed by atoms with Gasteiger partial charge >= 0.3 is 0 Å². The van der Waals surface area contributed by atoms with Crippen molar-refractivity contribution in [3.05, 3.63) is 12.4 Å². The lowest BCUT2D eigenvalue weighted by Crippen LogP contribution is -2.39. The van der Waals surface area contributed by atoms with Crippen LogP contribution in [-0.2, 0) is 0 Å². The van der Waals surface area contributed by atoms with Gasteiger partial charge in [0.2, 0.25) is 0 Å². The maximum Gasteiger partial charge on any atom is 0.101 e. The van der Waals surface area contributed by atoms with Gasteiger partial charge in [0.15, 0.2) is 0 Å². The number of hydrogen-bond donors (Lipinski definition) is 0. The van der Waals surface area contributed by atoms with Crippen LogP contribution in [0.3, 0.4) is 0 Å². The van der Waals surface area contributed by atoms with Crippen LogP contribution in [0.2, 0.25) is 0 Å². The maximum absolute atomic E-state index is 2.67. The summed E-state index contributed by atoms with van der Waals surface area (Å²) in [6.45, 7) is 9.44. The van der Waals surface area contributed by atoms with E-state index in [9.17, 15) is 0 Å². The summed E-state index contributed by atoms with van der Waals surface area (Å²) in [4.78, 5) is 5.32. The molecule has 0 radical (unpaired) electrons. The highest BCUT2D eigenvalue weighted by atomic mass is 15.4. The number of nitrogens with zero attached hydrogens (tertiary/aromatic N) is 2. The van der Waals surface area contributed by atoms with Crippen LogP contribution in [0.4, 0.5) is 0 Å². The van der Waals surface area contributed by atoms with Crippen molar-refractivity contribution in [2.24, 2.45) is 0 Å². The van der Waals surface area contributed by atoms with Crippen molar-refractivity contribution in [2.45, 2.75) is 149 Å². The molecule has 0 saturated heterocycles. The van der Waals surface area contributed by atoms with Gasteiger partial charge in [0, 0.05) is 25.5 Å².